The minimum atomic E-state index is -0.703. The van der Waals surface area contributed by atoms with E-state index in [-0.39, 0.29) is 17.4 Å². The monoisotopic (exact) mass is 415 g/mol. The normalized spacial score (nSPS) is 15.6. The van der Waals surface area contributed by atoms with E-state index in [1.807, 2.05) is 5.38 Å². The topological polar surface area (TPSA) is 60.4 Å². The highest BCUT2D eigenvalue weighted by atomic mass is 32.1. The number of aromatic nitrogens is 1. The summed E-state index contributed by atoms with van der Waals surface area (Å²) in [5.41, 5.74) is 1.87. The van der Waals surface area contributed by atoms with Gasteiger partial charge in [0.2, 0.25) is 0 Å². The Balaban J connectivity index is 1.84. The van der Waals surface area contributed by atoms with Gasteiger partial charge in [-0.05, 0) is 42.7 Å². The Morgan fingerprint density at radius 2 is 1.79 bits per heavy atom. The molecular weight excluding hydrogens is 396 g/mol. The van der Waals surface area contributed by atoms with Crippen molar-refractivity contribution < 1.29 is 13.7 Å². The van der Waals surface area contributed by atoms with Gasteiger partial charge in [-0.2, -0.15) is 0 Å². The SMILES string of the molecule is O=[N+]([O-])c1ccc(-c2csc(=Nc3ccc(F)cc3F)n2C2CCCCC2)cc1. The Bertz CT molecular complexity index is 1100. The first-order valence-electron chi connectivity index (χ1n) is 9.47. The van der Waals surface area contributed by atoms with Crippen LogP contribution in [0.5, 0.6) is 0 Å². The van der Waals surface area contributed by atoms with Gasteiger partial charge in [0.15, 0.2) is 10.6 Å². The van der Waals surface area contributed by atoms with Gasteiger partial charge in [-0.25, -0.2) is 13.8 Å². The molecule has 0 bridgehead atoms. The minimum Gasteiger partial charge on any atom is -0.313 e. The van der Waals surface area contributed by atoms with Gasteiger partial charge in [0.1, 0.15) is 11.5 Å². The summed E-state index contributed by atoms with van der Waals surface area (Å²) in [4.78, 5) is 15.6. The molecule has 1 saturated carbocycles. The van der Waals surface area contributed by atoms with Crippen LogP contribution in [0.3, 0.4) is 0 Å². The molecule has 1 heterocycles. The zero-order valence-electron chi connectivity index (χ0n) is 15.6. The summed E-state index contributed by atoms with van der Waals surface area (Å²) >= 11 is 1.38. The zero-order chi connectivity index (χ0) is 20.4. The molecule has 150 valence electrons. The first kappa shape index (κ1) is 19.4. The Morgan fingerprint density at radius 1 is 1.07 bits per heavy atom. The standard InChI is InChI=1S/C21H19F2N3O2S/c22-15-8-11-19(18(23)12-15)24-21-25(16-4-2-1-3-5-16)20(13-29-21)14-6-9-17(10-7-14)26(27)28/h6-13,16H,1-5H2. The van der Waals surface area contributed by atoms with Crippen LogP contribution in [-0.2, 0) is 0 Å². The van der Waals surface area contributed by atoms with Crippen LogP contribution in [-0.4, -0.2) is 9.49 Å². The highest BCUT2D eigenvalue weighted by Gasteiger charge is 2.21. The van der Waals surface area contributed by atoms with E-state index in [1.54, 1.807) is 12.1 Å². The summed E-state index contributed by atoms with van der Waals surface area (Å²) in [6.07, 6.45) is 5.40. The predicted octanol–water partition coefficient (Wildman–Crippen LogP) is 6.14. The Hall–Kier alpha value is -2.87. The maximum Gasteiger partial charge on any atom is 0.269 e. The maximum atomic E-state index is 14.2. The Morgan fingerprint density at radius 3 is 2.45 bits per heavy atom. The molecule has 29 heavy (non-hydrogen) atoms. The molecule has 5 nitrogen and oxygen atoms in total. The fourth-order valence-electron chi connectivity index (χ4n) is 3.73. The number of nitrogens with zero attached hydrogens (tertiary/aromatic N) is 3. The fourth-order valence-corrected chi connectivity index (χ4v) is 4.71. The predicted molar refractivity (Wildman–Crippen MR) is 108 cm³/mol. The molecule has 0 aliphatic heterocycles. The van der Waals surface area contributed by atoms with Crippen molar-refractivity contribution in [3.63, 3.8) is 0 Å². The van der Waals surface area contributed by atoms with E-state index in [4.69, 9.17) is 0 Å². The molecule has 0 radical (unpaired) electrons. The molecule has 4 rings (SSSR count). The molecule has 2 aromatic carbocycles. The molecule has 1 fully saturated rings. The van der Waals surface area contributed by atoms with Crippen LogP contribution in [0.1, 0.15) is 38.1 Å². The average molecular weight is 415 g/mol. The second-order valence-electron chi connectivity index (χ2n) is 7.08. The molecule has 0 unspecified atom stereocenters. The number of rotatable bonds is 4. The van der Waals surface area contributed by atoms with Crippen molar-refractivity contribution in [3.8, 4) is 11.3 Å². The van der Waals surface area contributed by atoms with Gasteiger partial charge in [0.05, 0.1) is 10.6 Å². The molecule has 0 amide bonds. The summed E-state index contributed by atoms with van der Waals surface area (Å²) in [5.74, 6) is -1.34. The highest BCUT2D eigenvalue weighted by Crippen LogP contribution is 2.33. The highest BCUT2D eigenvalue weighted by molar-refractivity contribution is 7.07. The van der Waals surface area contributed by atoms with Gasteiger partial charge < -0.3 is 4.57 Å². The zero-order valence-corrected chi connectivity index (χ0v) is 16.4. The lowest BCUT2D eigenvalue weighted by atomic mass is 9.95. The van der Waals surface area contributed by atoms with Gasteiger partial charge in [-0.15, -0.1) is 11.3 Å². The summed E-state index contributed by atoms with van der Waals surface area (Å²) in [6.45, 7) is 0. The molecule has 1 aliphatic carbocycles. The maximum absolute atomic E-state index is 14.2. The van der Waals surface area contributed by atoms with Gasteiger partial charge in [-0.3, -0.25) is 10.1 Å². The fraction of sp³-hybridized carbons (Fsp3) is 0.286. The Labute approximate surface area is 170 Å². The average Bonchev–Trinajstić information content (AvgIpc) is 3.14. The number of thiazole rings is 1. The van der Waals surface area contributed by atoms with Crippen LogP contribution in [0.25, 0.3) is 11.3 Å². The van der Waals surface area contributed by atoms with E-state index >= 15 is 0 Å². The lowest BCUT2D eigenvalue weighted by Crippen LogP contribution is -2.23. The molecule has 1 aliphatic rings. The van der Waals surface area contributed by atoms with Crippen LogP contribution in [0, 0.1) is 21.7 Å². The van der Waals surface area contributed by atoms with Crippen LogP contribution in [0.2, 0.25) is 0 Å². The lowest BCUT2D eigenvalue weighted by molar-refractivity contribution is -0.384. The van der Waals surface area contributed by atoms with Gasteiger partial charge in [0, 0.05) is 29.6 Å². The van der Waals surface area contributed by atoms with Gasteiger partial charge in [-0.1, -0.05) is 19.3 Å². The first-order valence-corrected chi connectivity index (χ1v) is 10.4. The van der Waals surface area contributed by atoms with Crippen molar-refractivity contribution in [1.82, 2.24) is 4.57 Å². The molecule has 3 aromatic rings. The number of hydrogen-bond donors (Lipinski definition) is 0. The second-order valence-corrected chi connectivity index (χ2v) is 7.91. The number of hydrogen-bond acceptors (Lipinski definition) is 4. The molecule has 0 saturated heterocycles. The third-order valence-electron chi connectivity index (χ3n) is 5.18. The summed E-state index contributed by atoms with van der Waals surface area (Å²) in [5, 5.41) is 12.9. The van der Waals surface area contributed by atoms with Crippen molar-refractivity contribution in [2.75, 3.05) is 0 Å². The number of nitro benzene ring substituents is 1. The van der Waals surface area contributed by atoms with Crippen LogP contribution in [0.15, 0.2) is 52.8 Å². The molecule has 8 heteroatoms. The van der Waals surface area contributed by atoms with E-state index in [0.717, 1.165) is 43.0 Å². The summed E-state index contributed by atoms with van der Waals surface area (Å²) in [7, 11) is 0. The smallest absolute Gasteiger partial charge is 0.269 e. The largest absolute Gasteiger partial charge is 0.313 e. The van der Waals surface area contributed by atoms with Gasteiger partial charge >= 0.3 is 0 Å². The molecule has 1 aromatic heterocycles. The summed E-state index contributed by atoms with van der Waals surface area (Å²) < 4.78 is 29.5. The number of non-ortho nitro benzene ring substituents is 1. The van der Waals surface area contributed by atoms with Crippen LogP contribution < -0.4 is 4.80 Å². The molecule has 0 N–H and O–H groups in total. The van der Waals surface area contributed by atoms with E-state index in [9.17, 15) is 18.9 Å². The lowest BCUT2D eigenvalue weighted by Gasteiger charge is -2.25. The molecule has 0 atom stereocenters. The van der Waals surface area contributed by atoms with Crippen LogP contribution in [0.4, 0.5) is 20.2 Å². The molecular formula is C21H19F2N3O2S. The number of benzene rings is 2. The third-order valence-corrected chi connectivity index (χ3v) is 6.02. The summed E-state index contributed by atoms with van der Waals surface area (Å²) in [6, 6.07) is 9.99. The second kappa shape index (κ2) is 8.24. The minimum absolute atomic E-state index is 0.0338. The van der Waals surface area contributed by atoms with Crippen LogP contribution >= 0.6 is 11.3 Å². The van der Waals surface area contributed by atoms with Crippen molar-refractivity contribution in [2.24, 2.45) is 4.99 Å². The van der Waals surface area contributed by atoms with Gasteiger partial charge in [0.25, 0.3) is 5.69 Å². The Kier molecular flexibility index (Phi) is 5.53. The van der Waals surface area contributed by atoms with Crippen molar-refractivity contribution in [3.05, 3.63) is 74.4 Å². The molecule has 0 spiro atoms. The van der Waals surface area contributed by atoms with E-state index < -0.39 is 16.6 Å². The van der Waals surface area contributed by atoms with Crippen molar-refractivity contribution in [1.29, 1.82) is 0 Å². The first-order chi connectivity index (χ1) is 14.0. The number of halogens is 2. The quantitative estimate of drug-likeness (QED) is 0.379. The van der Waals surface area contributed by atoms with E-state index in [1.165, 1.54) is 42.0 Å². The van der Waals surface area contributed by atoms with E-state index in [0.29, 0.717) is 4.80 Å². The third kappa shape index (κ3) is 4.12. The number of nitro groups is 1. The van der Waals surface area contributed by atoms with E-state index in [2.05, 4.69) is 9.56 Å². The van der Waals surface area contributed by atoms with Crippen molar-refractivity contribution in [2.45, 2.75) is 38.1 Å². The van der Waals surface area contributed by atoms with Crippen molar-refractivity contribution >= 4 is 22.7 Å².